The third kappa shape index (κ3) is 9.89. The van der Waals surface area contributed by atoms with Gasteiger partial charge < -0.3 is 24.6 Å². The minimum atomic E-state index is -4.03. The smallest absolute Gasteiger partial charge is 0.469 e. The van der Waals surface area contributed by atoms with Crippen molar-refractivity contribution in [3.63, 3.8) is 0 Å². The topological polar surface area (TPSA) is 141 Å². The van der Waals surface area contributed by atoms with Crippen molar-refractivity contribution in [3.8, 4) is 11.8 Å². The molecule has 16 atom stereocenters. The average molecular weight is 1020 g/mol. The Labute approximate surface area is 436 Å². The van der Waals surface area contributed by atoms with E-state index in [1.165, 1.54) is 29.4 Å². The highest BCUT2D eigenvalue weighted by Gasteiger charge is 2.67. The molecule has 8 aliphatic carbocycles. The number of anilines is 1. The van der Waals surface area contributed by atoms with E-state index in [9.17, 15) is 24.4 Å². The minimum Gasteiger partial charge on any atom is -0.469 e. The Morgan fingerprint density at radius 3 is 2.42 bits per heavy atom. The lowest BCUT2D eigenvalue weighted by Gasteiger charge is -2.64. The zero-order chi connectivity index (χ0) is 52.1. The molecule has 73 heavy (non-hydrogen) atoms. The molecule has 400 valence electrons. The molecule has 0 radical (unpaired) electrons. The second kappa shape index (κ2) is 21.6. The van der Waals surface area contributed by atoms with Crippen molar-refractivity contribution in [3.05, 3.63) is 77.9 Å². The summed E-state index contributed by atoms with van der Waals surface area (Å²) in [5.41, 5.74) is 4.72. The van der Waals surface area contributed by atoms with Crippen LogP contribution in [0.5, 0.6) is 0 Å². The molecule has 0 aliphatic heterocycles. The third-order valence-electron chi connectivity index (χ3n) is 21.2. The molecule has 0 bridgehead atoms. The number of hydrogen-bond acceptors (Lipinski definition) is 11. The molecule has 0 amide bonds. The fourth-order valence-corrected chi connectivity index (χ4v) is 18.6. The molecule has 1 aromatic rings. The Morgan fingerprint density at radius 2 is 1.73 bits per heavy atom. The van der Waals surface area contributed by atoms with Gasteiger partial charge in [-0.15, -0.1) is 19.1 Å². The van der Waals surface area contributed by atoms with Crippen LogP contribution >= 0.6 is 7.82 Å². The van der Waals surface area contributed by atoms with Crippen LogP contribution in [0.1, 0.15) is 149 Å². The number of ketones is 1. The van der Waals surface area contributed by atoms with Crippen molar-refractivity contribution < 1.29 is 47.4 Å². The number of aliphatic hydroxyl groups is 2. The number of methoxy groups -OCH3 is 1. The van der Waals surface area contributed by atoms with E-state index in [1.54, 1.807) is 12.2 Å². The first-order valence-corrected chi connectivity index (χ1v) is 29.4. The van der Waals surface area contributed by atoms with Gasteiger partial charge >= 0.3 is 13.8 Å². The molecule has 0 saturated heterocycles. The second-order valence-electron chi connectivity index (χ2n) is 24.4. The van der Waals surface area contributed by atoms with Crippen LogP contribution in [0.2, 0.25) is 0 Å². The summed E-state index contributed by atoms with van der Waals surface area (Å²) in [6, 6.07) is 9.06. The average Bonchev–Trinajstić information content (AvgIpc) is 3.87. The van der Waals surface area contributed by atoms with E-state index in [1.807, 2.05) is 6.92 Å². The molecular weight excluding hydrogens is 938 g/mol. The predicted molar refractivity (Wildman–Crippen MR) is 285 cm³/mol. The van der Waals surface area contributed by atoms with Crippen LogP contribution in [0, 0.1) is 75.4 Å². The normalized spacial score (nSPS) is 39.0. The number of carbonyl (C=O) groups excluding carboxylic acids is 2. The molecule has 7 fully saturated rings. The highest BCUT2D eigenvalue weighted by atomic mass is 31.2. The maximum atomic E-state index is 14.5. The number of ether oxygens (including phenoxy) is 2. The Kier molecular flexibility index (Phi) is 16.1. The van der Waals surface area contributed by atoms with Gasteiger partial charge in [0, 0.05) is 49.9 Å². The van der Waals surface area contributed by atoms with Gasteiger partial charge in [-0.1, -0.05) is 69.5 Å². The van der Waals surface area contributed by atoms with Crippen molar-refractivity contribution in [1.82, 2.24) is 0 Å². The zero-order valence-electron chi connectivity index (χ0n) is 45.1. The molecule has 1 aromatic carbocycles. The summed E-state index contributed by atoms with van der Waals surface area (Å²) in [6.07, 6.45) is 17.0. The number of phosphoric ester groups is 1. The lowest BCUT2D eigenvalue weighted by molar-refractivity contribution is -0.207. The summed E-state index contributed by atoms with van der Waals surface area (Å²) in [5, 5.41) is 24.6. The van der Waals surface area contributed by atoms with Crippen molar-refractivity contribution in [2.75, 3.05) is 45.4 Å². The van der Waals surface area contributed by atoms with Crippen LogP contribution < -0.4 is 4.90 Å². The minimum absolute atomic E-state index is 0.0212. The molecule has 0 spiro atoms. The van der Waals surface area contributed by atoms with Crippen molar-refractivity contribution in [2.24, 2.45) is 63.6 Å². The summed E-state index contributed by atoms with van der Waals surface area (Å²) >= 11 is 0. The maximum absolute atomic E-state index is 14.5. The van der Waals surface area contributed by atoms with E-state index in [4.69, 9.17) is 23.0 Å². The first-order valence-electron chi connectivity index (χ1n) is 27.9. The van der Waals surface area contributed by atoms with Gasteiger partial charge in [-0.3, -0.25) is 23.2 Å². The number of likely N-dealkylation sites (N-methyl/N-ethyl adjacent to an activating group) is 1. The fourth-order valence-electron chi connectivity index (χ4n) is 17.3. The molecule has 8 aliphatic rings. The predicted octanol–water partition coefficient (Wildman–Crippen LogP) is 11.9. The lowest BCUT2D eigenvalue weighted by Crippen LogP contribution is -2.62. The van der Waals surface area contributed by atoms with Crippen LogP contribution in [0.25, 0.3) is 0 Å². The Balaban J connectivity index is 0.894. The highest BCUT2D eigenvalue weighted by molar-refractivity contribution is 7.48. The molecule has 9 rings (SSSR count). The summed E-state index contributed by atoms with van der Waals surface area (Å²) in [5.74, 6) is 8.27. The second-order valence-corrected chi connectivity index (χ2v) is 26.1. The van der Waals surface area contributed by atoms with E-state index in [2.05, 4.69) is 95.0 Å². The van der Waals surface area contributed by atoms with Gasteiger partial charge in [-0.25, -0.2) is 4.57 Å². The van der Waals surface area contributed by atoms with E-state index in [0.29, 0.717) is 69.2 Å². The number of esters is 1. The quantitative estimate of drug-likeness (QED) is 0.0628. The van der Waals surface area contributed by atoms with Crippen LogP contribution in [-0.4, -0.2) is 86.4 Å². The number of hydrogen-bond donors (Lipinski definition) is 2. The molecule has 2 unspecified atom stereocenters. The van der Waals surface area contributed by atoms with Crippen LogP contribution in [0.4, 0.5) is 5.69 Å². The molecular formula is C61H86NO10P. The molecule has 7 saturated carbocycles. The zero-order valence-corrected chi connectivity index (χ0v) is 46.0. The van der Waals surface area contributed by atoms with Crippen LogP contribution in [-0.2, 0) is 37.2 Å². The number of rotatable bonds is 18. The van der Waals surface area contributed by atoms with Crippen molar-refractivity contribution >= 4 is 25.3 Å². The molecule has 12 heteroatoms. The maximum Gasteiger partial charge on any atom is 0.475 e. The first kappa shape index (κ1) is 54.5. The summed E-state index contributed by atoms with van der Waals surface area (Å²) in [7, 11) is -0.464. The van der Waals surface area contributed by atoms with Gasteiger partial charge in [0.25, 0.3) is 0 Å². The molecule has 0 heterocycles. The first-order chi connectivity index (χ1) is 34.9. The van der Waals surface area contributed by atoms with Crippen LogP contribution in [0.15, 0.2) is 72.4 Å². The van der Waals surface area contributed by atoms with Crippen LogP contribution in [0.3, 0.4) is 0 Å². The number of benzene rings is 1. The van der Waals surface area contributed by atoms with Crippen molar-refractivity contribution in [1.29, 1.82) is 0 Å². The van der Waals surface area contributed by atoms with Crippen molar-refractivity contribution in [2.45, 2.75) is 167 Å². The van der Waals surface area contributed by atoms with Gasteiger partial charge in [-0.05, 0) is 177 Å². The third-order valence-corrected chi connectivity index (χ3v) is 22.6. The van der Waals surface area contributed by atoms with E-state index >= 15 is 0 Å². The Bertz CT molecular complexity index is 2410. The SMILES string of the molecule is C=CCOP(=O)(OCC=C)O[C@@H]1C[C@@H]2C[C@@H](OCCN(C)c3ccc([C@H]4C[C@@]5(C)C(CC[C@@]5(O)C#CC)C5CC=C6CC(=O)CCC6=C54)cc3)CC[C@]2(C)[C@H]2C[C@H](O)[C@]3(C)[C@@H]([C@H](C)CCC(=O)OC)CC[C@H]3[C@H]12. The summed E-state index contributed by atoms with van der Waals surface area (Å²) in [4.78, 5) is 27.1. The number of carbonyl (C=O) groups is 2. The van der Waals surface area contributed by atoms with Gasteiger partial charge in [-0.2, -0.15) is 0 Å². The molecule has 0 aromatic heterocycles. The number of phosphoric acid groups is 1. The Hall–Kier alpha value is -3.33. The lowest BCUT2D eigenvalue weighted by atomic mass is 9.43. The molecule has 11 nitrogen and oxygen atoms in total. The monoisotopic (exact) mass is 1020 g/mol. The largest absolute Gasteiger partial charge is 0.475 e. The fraction of sp³-hybridized carbons (Fsp3) is 0.705. The van der Waals surface area contributed by atoms with Gasteiger partial charge in [0.2, 0.25) is 0 Å². The highest BCUT2D eigenvalue weighted by Crippen LogP contribution is 2.71. The standard InChI is InChI=1S/C61H86NO10P/c1-10-27-61(66)29-26-50-47-20-16-41-34-44(63)19-21-46(41)56(47)48(38-59(50,61)6)40-14-17-43(18-15-40)62(8)30-33-69-45-25-28-58(5)42(35-45)36-53(72-73(67,70-31-11-2)71-32-12-3)57-51-23-22-49(39(4)13-24-55(65)68-9)60(51,7)54(64)37-52(57)58/h11-12,14-18,39,42,45,47-54,57,64,66H,2-3,13,19-26,28-38H2,1,4-9H3/t39-,42+,45+,47?,48-,49-,50?,51+,52+,53-,54+,57+,58+,59+,60-,61+/m1/s1. The Morgan fingerprint density at radius 1 is 0.986 bits per heavy atom. The molecule has 2 N–H and O–H groups in total. The summed E-state index contributed by atoms with van der Waals surface area (Å²) in [6.45, 7) is 19.9. The summed E-state index contributed by atoms with van der Waals surface area (Å²) < 4.78 is 44.7. The number of allylic oxidation sites excluding steroid dienone is 4. The van der Waals surface area contributed by atoms with E-state index < -0.39 is 31.0 Å². The number of nitrogens with zero attached hydrogens (tertiary/aromatic N) is 1. The van der Waals surface area contributed by atoms with E-state index in [0.717, 1.165) is 70.0 Å². The number of aliphatic hydroxyl groups excluding tert-OH is 1. The van der Waals surface area contributed by atoms with Gasteiger partial charge in [0.1, 0.15) is 11.4 Å². The number of fused-ring (bicyclic) bond motifs is 9. The van der Waals surface area contributed by atoms with Gasteiger partial charge in [0.15, 0.2) is 0 Å². The number of Topliss-reactive ketones (excluding diaryl/α,β-unsaturated/α-hetero) is 1. The van der Waals surface area contributed by atoms with Gasteiger partial charge in [0.05, 0.1) is 45.2 Å². The van der Waals surface area contributed by atoms with E-state index in [-0.39, 0.29) is 77.5 Å².